The Balaban J connectivity index is 1.96. The second kappa shape index (κ2) is 6.64. The van der Waals surface area contributed by atoms with Crippen LogP contribution in [0.4, 0.5) is 0 Å². The molecule has 0 atom stereocenters. The molecule has 3 rings (SSSR count). The Morgan fingerprint density at radius 1 is 1.29 bits per heavy atom. The Kier molecular flexibility index (Phi) is 4.63. The Morgan fingerprint density at radius 2 is 2.19 bits per heavy atom. The zero-order valence-corrected chi connectivity index (χ0v) is 14.2. The van der Waals surface area contributed by atoms with Gasteiger partial charge in [0.15, 0.2) is 0 Å². The Morgan fingerprint density at radius 3 is 3.05 bits per heavy atom. The molecule has 0 saturated carbocycles. The van der Waals surface area contributed by atoms with Gasteiger partial charge in [-0.15, -0.1) is 11.3 Å². The molecule has 108 valence electrons. The van der Waals surface area contributed by atoms with E-state index < -0.39 is 0 Å². The van der Waals surface area contributed by atoms with E-state index in [0.717, 1.165) is 51.2 Å². The predicted molar refractivity (Wildman–Crippen MR) is 92.5 cm³/mol. The lowest BCUT2D eigenvalue weighted by atomic mass is 10.1. The van der Waals surface area contributed by atoms with Gasteiger partial charge in [0, 0.05) is 33.5 Å². The number of aromatic nitrogens is 2. The molecule has 3 aromatic rings. The number of thiazole rings is 1. The van der Waals surface area contributed by atoms with Crippen LogP contribution >= 0.6 is 27.3 Å². The van der Waals surface area contributed by atoms with Crippen LogP contribution in [0, 0.1) is 0 Å². The summed E-state index contributed by atoms with van der Waals surface area (Å²) >= 11 is 5.26. The van der Waals surface area contributed by atoms with Crippen molar-refractivity contribution in [2.45, 2.75) is 19.9 Å². The largest absolute Gasteiger partial charge is 0.311 e. The zero-order chi connectivity index (χ0) is 14.7. The first-order chi connectivity index (χ1) is 10.3. The normalized spacial score (nSPS) is 11.1. The molecule has 2 heterocycles. The standard InChI is InChI=1S/C16H16BrN3S/c1-2-7-18-9-11-10-21-16(20-11)13-5-6-14(17)12-4-3-8-19-15(12)13/h3-6,8,10,18H,2,7,9H2,1H3. The van der Waals surface area contributed by atoms with Crippen LogP contribution in [-0.2, 0) is 6.54 Å². The third-order valence-corrected chi connectivity index (χ3v) is 4.85. The monoisotopic (exact) mass is 361 g/mol. The van der Waals surface area contributed by atoms with Gasteiger partial charge >= 0.3 is 0 Å². The van der Waals surface area contributed by atoms with E-state index >= 15 is 0 Å². The topological polar surface area (TPSA) is 37.8 Å². The van der Waals surface area contributed by atoms with Gasteiger partial charge in [-0.3, -0.25) is 4.98 Å². The number of rotatable bonds is 5. The van der Waals surface area contributed by atoms with Crippen molar-refractivity contribution in [2.75, 3.05) is 6.54 Å². The maximum atomic E-state index is 4.73. The van der Waals surface area contributed by atoms with Crippen molar-refractivity contribution >= 4 is 38.2 Å². The van der Waals surface area contributed by atoms with Crippen molar-refractivity contribution in [3.05, 3.63) is 46.0 Å². The van der Waals surface area contributed by atoms with Crippen LogP contribution < -0.4 is 5.32 Å². The molecule has 2 aromatic heterocycles. The van der Waals surface area contributed by atoms with Crippen molar-refractivity contribution in [3.63, 3.8) is 0 Å². The molecular formula is C16H16BrN3S. The third-order valence-electron chi connectivity index (χ3n) is 3.23. The van der Waals surface area contributed by atoms with E-state index in [0.29, 0.717) is 0 Å². The summed E-state index contributed by atoms with van der Waals surface area (Å²) in [6, 6.07) is 8.18. The van der Waals surface area contributed by atoms with E-state index in [1.54, 1.807) is 11.3 Å². The van der Waals surface area contributed by atoms with Crippen LogP contribution in [0.15, 0.2) is 40.3 Å². The van der Waals surface area contributed by atoms with E-state index in [9.17, 15) is 0 Å². The second-order valence-electron chi connectivity index (χ2n) is 4.82. The molecule has 21 heavy (non-hydrogen) atoms. The summed E-state index contributed by atoms with van der Waals surface area (Å²) < 4.78 is 1.07. The highest BCUT2D eigenvalue weighted by Crippen LogP contribution is 2.33. The van der Waals surface area contributed by atoms with Crippen LogP contribution in [0.1, 0.15) is 19.0 Å². The molecule has 1 N–H and O–H groups in total. The molecule has 3 nitrogen and oxygen atoms in total. The van der Waals surface area contributed by atoms with E-state index in [1.807, 2.05) is 12.3 Å². The van der Waals surface area contributed by atoms with Crippen molar-refractivity contribution in [1.29, 1.82) is 0 Å². The molecule has 0 amide bonds. The summed E-state index contributed by atoms with van der Waals surface area (Å²) in [6.07, 6.45) is 2.97. The van der Waals surface area contributed by atoms with Gasteiger partial charge in [0.2, 0.25) is 0 Å². The minimum Gasteiger partial charge on any atom is -0.311 e. The third kappa shape index (κ3) is 3.15. The number of nitrogens with one attached hydrogen (secondary N) is 1. The summed E-state index contributed by atoms with van der Waals surface area (Å²) in [5, 5.41) is 7.65. The second-order valence-corrected chi connectivity index (χ2v) is 6.53. The molecule has 0 spiro atoms. The lowest BCUT2D eigenvalue weighted by molar-refractivity contribution is 0.667. The van der Waals surface area contributed by atoms with Gasteiger partial charge in [-0.2, -0.15) is 0 Å². The summed E-state index contributed by atoms with van der Waals surface area (Å²) in [4.78, 5) is 9.26. The lowest BCUT2D eigenvalue weighted by Gasteiger charge is -2.04. The van der Waals surface area contributed by atoms with Crippen molar-refractivity contribution in [1.82, 2.24) is 15.3 Å². The first kappa shape index (κ1) is 14.6. The quantitative estimate of drug-likeness (QED) is 0.673. The molecule has 0 aliphatic carbocycles. The van der Waals surface area contributed by atoms with Gasteiger partial charge in [0.05, 0.1) is 11.2 Å². The Hall–Kier alpha value is -1.30. The SMILES string of the molecule is CCCNCc1csc(-c2ccc(Br)c3cccnc23)n1. The fraction of sp³-hybridized carbons (Fsp3) is 0.250. The first-order valence-corrected chi connectivity index (χ1v) is 8.65. The summed E-state index contributed by atoms with van der Waals surface area (Å²) in [7, 11) is 0. The van der Waals surface area contributed by atoms with Gasteiger partial charge < -0.3 is 5.32 Å². The van der Waals surface area contributed by atoms with Crippen LogP contribution in [0.25, 0.3) is 21.5 Å². The van der Waals surface area contributed by atoms with Crippen LogP contribution in [0.3, 0.4) is 0 Å². The first-order valence-electron chi connectivity index (χ1n) is 6.98. The molecule has 1 aromatic carbocycles. The average Bonchev–Trinajstić information content (AvgIpc) is 2.97. The van der Waals surface area contributed by atoms with Gasteiger partial charge in [0.1, 0.15) is 5.01 Å². The number of pyridine rings is 1. The van der Waals surface area contributed by atoms with E-state index in [1.165, 1.54) is 0 Å². The molecule has 0 aliphatic heterocycles. The number of fused-ring (bicyclic) bond motifs is 1. The minimum absolute atomic E-state index is 0.826. The van der Waals surface area contributed by atoms with Gasteiger partial charge in [-0.25, -0.2) is 4.98 Å². The van der Waals surface area contributed by atoms with E-state index in [-0.39, 0.29) is 0 Å². The van der Waals surface area contributed by atoms with Gasteiger partial charge in [0.25, 0.3) is 0 Å². The number of hydrogen-bond acceptors (Lipinski definition) is 4. The Bertz CT molecular complexity index is 754. The van der Waals surface area contributed by atoms with Crippen LogP contribution in [0.2, 0.25) is 0 Å². The van der Waals surface area contributed by atoms with Gasteiger partial charge in [-0.05, 0) is 31.2 Å². The van der Waals surface area contributed by atoms with Crippen molar-refractivity contribution in [2.24, 2.45) is 0 Å². The molecule has 0 radical (unpaired) electrons. The molecule has 0 saturated heterocycles. The maximum Gasteiger partial charge on any atom is 0.125 e. The van der Waals surface area contributed by atoms with E-state index in [2.05, 4.69) is 56.7 Å². The highest BCUT2D eigenvalue weighted by Gasteiger charge is 2.11. The summed E-state index contributed by atoms with van der Waals surface area (Å²) in [5.41, 5.74) is 3.19. The molecule has 0 aliphatic rings. The number of nitrogens with zero attached hydrogens (tertiary/aromatic N) is 2. The number of halogens is 1. The number of hydrogen-bond donors (Lipinski definition) is 1. The molecule has 0 bridgehead atoms. The fourth-order valence-electron chi connectivity index (χ4n) is 2.22. The number of benzene rings is 1. The van der Waals surface area contributed by atoms with Crippen LogP contribution in [0.5, 0.6) is 0 Å². The lowest BCUT2D eigenvalue weighted by Crippen LogP contribution is -2.13. The highest BCUT2D eigenvalue weighted by atomic mass is 79.9. The highest BCUT2D eigenvalue weighted by molar-refractivity contribution is 9.10. The summed E-state index contributed by atoms with van der Waals surface area (Å²) in [6.45, 7) is 4.01. The minimum atomic E-state index is 0.826. The van der Waals surface area contributed by atoms with E-state index in [4.69, 9.17) is 4.98 Å². The molecule has 0 fully saturated rings. The predicted octanol–water partition coefficient (Wildman–Crippen LogP) is 4.62. The molecule has 0 unspecified atom stereocenters. The maximum absolute atomic E-state index is 4.73. The van der Waals surface area contributed by atoms with Crippen LogP contribution in [-0.4, -0.2) is 16.5 Å². The fourth-order valence-corrected chi connectivity index (χ4v) is 3.51. The van der Waals surface area contributed by atoms with Gasteiger partial charge in [-0.1, -0.05) is 28.9 Å². The Labute approximate surface area is 136 Å². The molecule has 5 heteroatoms. The summed E-state index contributed by atoms with van der Waals surface area (Å²) in [5.74, 6) is 0. The molecular weight excluding hydrogens is 346 g/mol. The average molecular weight is 362 g/mol. The smallest absolute Gasteiger partial charge is 0.125 e. The zero-order valence-electron chi connectivity index (χ0n) is 11.8. The van der Waals surface area contributed by atoms with Crippen molar-refractivity contribution in [3.8, 4) is 10.6 Å². The van der Waals surface area contributed by atoms with Crippen molar-refractivity contribution < 1.29 is 0 Å².